The first-order valence-corrected chi connectivity index (χ1v) is 9.35. The number of hydrogen-bond acceptors (Lipinski definition) is 7. The lowest BCUT2D eigenvalue weighted by Gasteiger charge is -2.23. The number of carbonyl (C=O) groups excluding carboxylic acids is 2. The number of aromatic nitrogens is 3. The second-order valence-corrected chi connectivity index (χ2v) is 7.79. The molecule has 1 aliphatic heterocycles. The molecule has 25 heavy (non-hydrogen) atoms. The fraction of sp³-hybridized carbons (Fsp3) is 0.400. The minimum absolute atomic E-state index is 0.143. The molecule has 2 aromatic heterocycles. The van der Waals surface area contributed by atoms with Gasteiger partial charge in [0.05, 0.1) is 11.6 Å². The first kappa shape index (κ1) is 17.6. The molecule has 132 valence electrons. The number of thioether (sulfide) groups is 1. The average molecular weight is 379 g/mol. The zero-order valence-corrected chi connectivity index (χ0v) is 15.6. The standard InChI is InChI=1S/C15H17N5O3S2/c1-8-11(13(23)19(2)3)25-14(17-8)18-12(22)9-6-20-10(21)4-5-16-15(20)24-7-9/h4-5,9H,6-7H2,1-3H3,(H,17,18,22). The first-order chi connectivity index (χ1) is 11.9. The molecule has 0 fully saturated rings. The molecule has 0 saturated heterocycles. The molecule has 2 aromatic rings. The fourth-order valence-corrected chi connectivity index (χ4v) is 4.42. The van der Waals surface area contributed by atoms with Crippen LogP contribution >= 0.6 is 23.1 Å². The Kier molecular flexibility index (Phi) is 4.91. The van der Waals surface area contributed by atoms with Crippen LogP contribution < -0.4 is 10.9 Å². The van der Waals surface area contributed by atoms with Crippen molar-refractivity contribution in [3.63, 3.8) is 0 Å². The van der Waals surface area contributed by atoms with Crippen molar-refractivity contribution in [2.24, 2.45) is 5.92 Å². The van der Waals surface area contributed by atoms with Crippen LogP contribution in [0.25, 0.3) is 0 Å². The summed E-state index contributed by atoms with van der Waals surface area (Å²) in [5, 5.41) is 3.78. The molecule has 0 spiro atoms. The predicted octanol–water partition coefficient (Wildman–Crippen LogP) is 1.07. The van der Waals surface area contributed by atoms with Gasteiger partial charge in [0, 0.05) is 38.7 Å². The van der Waals surface area contributed by atoms with Crippen LogP contribution in [0.3, 0.4) is 0 Å². The molecule has 1 aliphatic rings. The molecule has 8 nitrogen and oxygen atoms in total. The number of nitrogens with zero attached hydrogens (tertiary/aromatic N) is 4. The quantitative estimate of drug-likeness (QED) is 0.802. The lowest BCUT2D eigenvalue weighted by molar-refractivity contribution is -0.119. The third kappa shape index (κ3) is 3.59. The van der Waals surface area contributed by atoms with Crippen molar-refractivity contribution in [1.82, 2.24) is 19.4 Å². The van der Waals surface area contributed by atoms with Crippen molar-refractivity contribution < 1.29 is 9.59 Å². The van der Waals surface area contributed by atoms with Gasteiger partial charge in [-0.05, 0) is 6.92 Å². The summed E-state index contributed by atoms with van der Waals surface area (Å²) in [5.74, 6) is -0.186. The Balaban J connectivity index is 1.74. The molecule has 2 amide bonds. The highest BCUT2D eigenvalue weighted by Gasteiger charge is 2.27. The van der Waals surface area contributed by atoms with Crippen LogP contribution in [0.2, 0.25) is 0 Å². The second-order valence-electron chi connectivity index (χ2n) is 5.81. The number of anilines is 1. The second kappa shape index (κ2) is 6.96. The van der Waals surface area contributed by atoms with Gasteiger partial charge in [-0.3, -0.25) is 19.0 Å². The van der Waals surface area contributed by atoms with Crippen LogP contribution in [-0.2, 0) is 11.3 Å². The lowest BCUT2D eigenvalue weighted by Crippen LogP contribution is -2.36. The molecular weight excluding hydrogens is 362 g/mol. The minimum atomic E-state index is -0.364. The molecular formula is C15H17N5O3S2. The molecule has 0 radical (unpaired) electrons. The Morgan fingerprint density at radius 2 is 2.16 bits per heavy atom. The van der Waals surface area contributed by atoms with E-state index in [1.807, 2.05) is 0 Å². The SMILES string of the molecule is Cc1nc(NC(=O)C2CSc3nccc(=O)n3C2)sc1C(=O)N(C)C. The highest BCUT2D eigenvalue weighted by molar-refractivity contribution is 7.99. The molecule has 10 heteroatoms. The molecule has 0 aliphatic carbocycles. The molecule has 3 rings (SSSR count). The van der Waals surface area contributed by atoms with Gasteiger partial charge in [-0.15, -0.1) is 0 Å². The van der Waals surface area contributed by atoms with Crippen molar-refractivity contribution in [2.75, 3.05) is 25.2 Å². The Morgan fingerprint density at radius 3 is 2.88 bits per heavy atom. The summed E-state index contributed by atoms with van der Waals surface area (Å²) >= 11 is 2.54. The summed E-state index contributed by atoms with van der Waals surface area (Å²) in [6.07, 6.45) is 1.48. The van der Waals surface area contributed by atoms with Crippen molar-refractivity contribution in [3.05, 3.63) is 33.2 Å². The third-order valence-corrected chi connectivity index (χ3v) is 5.93. The van der Waals surface area contributed by atoms with E-state index >= 15 is 0 Å². The summed E-state index contributed by atoms with van der Waals surface area (Å²) in [5.41, 5.74) is 0.418. The normalized spacial score (nSPS) is 16.2. The third-order valence-electron chi connectivity index (χ3n) is 3.71. The van der Waals surface area contributed by atoms with E-state index in [2.05, 4.69) is 15.3 Å². The number of aryl methyl sites for hydroxylation is 1. The summed E-state index contributed by atoms with van der Waals surface area (Å²) in [7, 11) is 3.34. The van der Waals surface area contributed by atoms with E-state index in [1.54, 1.807) is 21.0 Å². The van der Waals surface area contributed by atoms with Gasteiger partial charge in [-0.1, -0.05) is 23.1 Å². The molecule has 0 bridgehead atoms. The van der Waals surface area contributed by atoms with Crippen molar-refractivity contribution >= 4 is 40.0 Å². The maximum Gasteiger partial charge on any atom is 0.265 e. The minimum Gasteiger partial charge on any atom is -0.344 e. The van der Waals surface area contributed by atoms with Crippen LogP contribution in [0.4, 0.5) is 5.13 Å². The van der Waals surface area contributed by atoms with Crippen LogP contribution in [0.1, 0.15) is 15.4 Å². The number of hydrogen-bond donors (Lipinski definition) is 1. The number of rotatable bonds is 3. The number of nitrogens with one attached hydrogen (secondary N) is 1. The highest BCUT2D eigenvalue weighted by atomic mass is 32.2. The summed E-state index contributed by atoms with van der Waals surface area (Å²) in [6.45, 7) is 2.02. The van der Waals surface area contributed by atoms with E-state index in [-0.39, 0.29) is 29.8 Å². The number of carbonyl (C=O) groups is 2. The predicted molar refractivity (Wildman–Crippen MR) is 96.2 cm³/mol. The van der Waals surface area contributed by atoms with Crippen LogP contribution in [-0.4, -0.2) is 51.1 Å². The van der Waals surface area contributed by atoms with Gasteiger partial charge in [0.2, 0.25) is 5.91 Å². The van der Waals surface area contributed by atoms with Gasteiger partial charge in [0.1, 0.15) is 4.88 Å². The topological polar surface area (TPSA) is 97.2 Å². The van der Waals surface area contributed by atoms with Crippen LogP contribution in [0.15, 0.2) is 22.2 Å². The van der Waals surface area contributed by atoms with E-state index < -0.39 is 0 Å². The van der Waals surface area contributed by atoms with Gasteiger partial charge < -0.3 is 10.2 Å². The Labute approximate surface area is 152 Å². The number of fused-ring (bicyclic) bond motifs is 1. The van der Waals surface area contributed by atoms with Gasteiger partial charge >= 0.3 is 0 Å². The van der Waals surface area contributed by atoms with E-state index in [0.717, 1.165) is 11.3 Å². The molecule has 1 atom stereocenters. The number of amides is 2. The maximum absolute atomic E-state index is 12.5. The zero-order chi connectivity index (χ0) is 18.1. The van der Waals surface area contributed by atoms with Gasteiger partial charge in [0.25, 0.3) is 11.5 Å². The van der Waals surface area contributed by atoms with Crippen LogP contribution in [0.5, 0.6) is 0 Å². The Morgan fingerprint density at radius 1 is 1.40 bits per heavy atom. The Bertz CT molecular complexity index is 890. The maximum atomic E-state index is 12.5. The van der Waals surface area contributed by atoms with E-state index in [1.165, 1.54) is 33.5 Å². The molecule has 1 unspecified atom stereocenters. The Hall–Kier alpha value is -2.20. The summed E-state index contributed by atoms with van der Waals surface area (Å²) in [6, 6.07) is 1.38. The van der Waals surface area contributed by atoms with Gasteiger partial charge in [-0.2, -0.15) is 0 Å². The highest BCUT2D eigenvalue weighted by Crippen LogP contribution is 2.27. The summed E-state index contributed by atoms with van der Waals surface area (Å²) < 4.78 is 1.51. The van der Waals surface area contributed by atoms with Gasteiger partial charge in [0.15, 0.2) is 10.3 Å². The smallest absolute Gasteiger partial charge is 0.265 e. The van der Waals surface area contributed by atoms with E-state index in [4.69, 9.17) is 0 Å². The first-order valence-electron chi connectivity index (χ1n) is 7.55. The van der Waals surface area contributed by atoms with E-state index in [9.17, 15) is 14.4 Å². The van der Waals surface area contributed by atoms with Crippen LogP contribution in [0, 0.1) is 12.8 Å². The van der Waals surface area contributed by atoms with Crippen molar-refractivity contribution in [2.45, 2.75) is 18.6 Å². The molecule has 3 heterocycles. The molecule has 0 aromatic carbocycles. The molecule has 0 saturated carbocycles. The summed E-state index contributed by atoms with van der Waals surface area (Å²) in [4.78, 5) is 46.9. The number of thiazole rings is 1. The average Bonchev–Trinajstić information content (AvgIpc) is 2.94. The lowest BCUT2D eigenvalue weighted by atomic mass is 10.1. The fourth-order valence-electron chi connectivity index (χ4n) is 2.37. The monoisotopic (exact) mass is 379 g/mol. The largest absolute Gasteiger partial charge is 0.344 e. The molecule has 1 N–H and O–H groups in total. The van der Waals surface area contributed by atoms with E-state index in [0.29, 0.717) is 26.6 Å². The van der Waals surface area contributed by atoms with Crippen molar-refractivity contribution in [1.29, 1.82) is 0 Å². The zero-order valence-electron chi connectivity index (χ0n) is 14.0. The van der Waals surface area contributed by atoms with Gasteiger partial charge in [-0.25, -0.2) is 9.97 Å². The van der Waals surface area contributed by atoms with Crippen molar-refractivity contribution in [3.8, 4) is 0 Å².